The Morgan fingerprint density at radius 2 is 2.00 bits per heavy atom. The van der Waals surface area contributed by atoms with Crippen LogP contribution in [0, 0.1) is 0 Å². The van der Waals surface area contributed by atoms with Gasteiger partial charge in [0.05, 0.1) is 0 Å². The molecular formula is C6H6O3. The average molecular weight is 126 g/mol. The summed E-state index contributed by atoms with van der Waals surface area (Å²) in [5.74, 6) is -0.614. The minimum atomic E-state index is -0.614. The second-order valence-corrected chi connectivity index (χ2v) is 1.32. The van der Waals surface area contributed by atoms with Gasteiger partial charge in [-0.3, -0.25) is 9.59 Å². The van der Waals surface area contributed by atoms with E-state index < -0.39 is 5.78 Å². The Morgan fingerprint density at radius 3 is 2.44 bits per heavy atom. The first-order valence-corrected chi connectivity index (χ1v) is 2.40. The molecule has 0 aliphatic rings. The van der Waals surface area contributed by atoms with Crippen molar-refractivity contribution in [3.8, 4) is 0 Å². The van der Waals surface area contributed by atoms with Crippen LogP contribution in [0.5, 0.6) is 0 Å². The van der Waals surface area contributed by atoms with Crippen LogP contribution in [0.15, 0.2) is 12.2 Å². The summed E-state index contributed by atoms with van der Waals surface area (Å²) < 4.78 is 0. The SMILES string of the molecule is O=CCC=CC(=O)C=O. The first-order valence-electron chi connectivity index (χ1n) is 2.40. The standard InChI is InChI=1S/C6H6O3/c7-4-2-1-3-6(9)5-8/h1,3-5H,2H2. The lowest BCUT2D eigenvalue weighted by Crippen LogP contribution is -1.90. The fourth-order valence-electron chi connectivity index (χ4n) is 0.279. The Labute approximate surface area is 52.4 Å². The van der Waals surface area contributed by atoms with Gasteiger partial charge in [-0.05, 0) is 6.08 Å². The second-order valence-electron chi connectivity index (χ2n) is 1.32. The van der Waals surface area contributed by atoms with Crippen molar-refractivity contribution in [2.75, 3.05) is 0 Å². The summed E-state index contributed by atoms with van der Waals surface area (Å²) in [5.41, 5.74) is 0. The van der Waals surface area contributed by atoms with Crippen LogP contribution in [0.3, 0.4) is 0 Å². The molecule has 0 aromatic heterocycles. The van der Waals surface area contributed by atoms with E-state index in [4.69, 9.17) is 0 Å². The molecule has 3 nitrogen and oxygen atoms in total. The number of hydrogen-bond donors (Lipinski definition) is 0. The molecule has 0 bridgehead atoms. The van der Waals surface area contributed by atoms with Gasteiger partial charge in [0, 0.05) is 6.42 Å². The van der Waals surface area contributed by atoms with Gasteiger partial charge in [-0.1, -0.05) is 6.08 Å². The zero-order chi connectivity index (χ0) is 7.11. The molecule has 0 aromatic rings. The molecule has 9 heavy (non-hydrogen) atoms. The van der Waals surface area contributed by atoms with Gasteiger partial charge in [0.15, 0.2) is 6.29 Å². The lowest BCUT2D eigenvalue weighted by atomic mass is 10.3. The molecule has 48 valence electrons. The lowest BCUT2D eigenvalue weighted by molar-refractivity contribution is -0.126. The molecule has 0 spiro atoms. The van der Waals surface area contributed by atoms with Crippen molar-refractivity contribution < 1.29 is 14.4 Å². The predicted molar refractivity (Wildman–Crippen MR) is 30.9 cm³/mol. The van der Waals surface area contributed by atoms with E-state index in [9.17, 15) is 14.4 Å². The second kappa shape index (κ2) is 4.90. The van der Waals surface area contributed by atoms with Crippen molar-refractivity contribution in [2.45, 2.75) is 6.42 Å². The zero-order valence-corrected chi connectivity index (χ0v) is 4.74. The fraction of sp³-hybridized carbons (Fsp3) is 0.167. The van der Waals surface area contributed by atoms with Crippen molar-refractivity contribution in [2.24, 2.45) is 0 Å². The average Bonchev–Trinajstić information content (AvgIpc) is 1.89. The number of ketones is 1. The van der Waals surface area contributed by atoms with Crippen LogP contribution in [0.25, 0.3) is 0 Å². The predicted octanol–water partition coefficient (Wildman–Crippen LogP) is -0.100. The quantitative estimate of drug-likeness (QED) is 0.300. The molecule has 0 radical (unpaired) electrons. The molecule has 0 rings (SSSR count). The Balaban J connectivity index is 3.56. The highest BCUT2D eigenvalue weighted by Crippen LogP contribution is 1.76. The third kappa shape index (κ3) is 4.61. The van der Waals surface area contributed by atoms with Gasteiger partial charge in [0.1, 0.15) is 6.29 Å². The highest BCUT2D eigenvalue weighted by Gasteiger charge is 1.86. The maximum absolute atomic E-state index is 10.1. The van der Waals surface area contributed by atoms with E-state index >= 15 is 0 Å². The first-order chi connectivity index (χ1) is 4.31. The normalized spacial score (nSPS) is 9.33. The summed E-state index contributed by atoms with van der Waals surface area (Å²) in [6.45, 7) is 0. The van der Waals surface area contributed by atoms with Crippen LogP contribution in [-0.4, -0.2) is 18.4 Å². The topological polar surface area (TPSA) is 51.2 Å². The van der Waals surface area contributed by atoms with Crippen LogP contribution in [0.1, 0.15) is 6.42 Å². The molecule has 0 amide bonds. The number of allylic oxidation sites excluding steroid dienone is 2. The molecule has 3 heteroatoms. The molecule has 0 aliphatic carbocycles. The van der Waals surface area contributed by atoms with E-state index in [1.54, 1.807) is 0 Å². The molecule has 0 aliphatic heterocycles. The summed E-state index contributed by atoms with van der Waals surface area (Å²) in [7, 11) is 0. The van der Waals surface area contributed by atoms with E-state index in [0.29, 0.717) is 6.29 Å². The van der Waals surface area contributed by atoms with E-state index in [1.165, 1.54) is 6.08 Å². The molecule has 0 N–H and O–H groups in total. The maximum Gasteiger partial charge on any atom is 0.217 e. The van der Waals surface area contributed by atoms with Gasteiger partial charge < -0.3 is 4.79 Å². The summed E-state index contributed by atoms with van der Waals surface area (Å²) in [5, 5.41) is 0. The highest BCUT2D eigenvalue weighted by atomic mass is 16.2. The molecule has 0 heterocycles. The van der Waals surface area contributed by atoms with Crippen molar-refractivity contribution in [1.82, 2.24) is 0 Å². The Morgan fingerprint density at radius 1 is 1.33 bits per heavy atom. The van der Waals surface area contributed by atoms with Gasteiger partial charge in [0.25, 0.3) is 0 Å². The third-order valence-electron chi connectivity index (χ3n) is 0.631. The smallest absolute Gasteiger partial charge is 0.217 e. The summed E-state index contributed by atoms with van der Waals surface area (Å²) in [6.07, 6.45) is 3.43. The van der Waals surface area contributed by atoms with E-state index in [1.807, 2.05) is 0 Å². The van der Waals surface area contributed by atoms with E-state index in [0.717, 1.165) is 6.08 Å². The minimum Gasteiger partial charge on any atom is -0.303 e. The molecule has 0 aromatic carbocycles. The number of carbonyl (C=O) groups is 3. The van der Waals surface area contributed by atoms with Gasteiger partial charge in [0.2, 0.25) is 5.78 Å². The number of hydrogen-bond acceptors (Lipinski definition) is 3. The van der Waals surface area contributed by atoms with E-state index in [-0.39, 0.29) is 12.7 Å². The minimum absolute atomic E-state index is 0.180. The summed E-state index contributed by atoms with van der Waals surface area (Å²) in [6, 6.07) is 0. The van der Waals surface area contributed by atoms with Crippen LogP contribution in [0.2, 0.25) is 0 Å². The molecule has 0 saturated carbocycles. The lowest BCUT2D eigenvalue weighted by Gasteiger charge is -1.73. The van der Waals surface area contributed by atoms with Crippen LogP contribution < -0.4 is 0 Å². The molecule has 0 unspecified atom stereocenters. The number of aldehydes is 2. The molecule has 0 fully saturated rings. The first kappa shape index (κ1) is 7.75. The van der Waals surface area contributed by atoms with Crippen molar-refractivity contribution in [3.05, 3.63) is 12.2 Å². The van der Waals surface area contributed by atoms with E-state index in [2.05, 4.69) is 0 Å². The van der Waals surface area contributed by atoms with Crippen molar-refractivity contribution >= 4 is 18.4 Å². The number of carbonyl (C=O) groups excluding carboxylic acids is 3. The summed E-state index contributed by atoms with van der Waals surface area (Å²) in [4.78, 5) is 29.3. The van der Waals surface area contributed by atoms with Crippen LogP contribution in [-0.2, 0) is 14.4 Å². The van der Waals surface area contributed by atoms with Crippen molar-refractivity contribution in [1.29, 1.82) is 0 Å². The van der Waals surface area contributed by atoms with Crippen molar-refractivity contribution in [3.63, 3.8) is 0 Å². The largest absolute Gasteiger partial charge is 0.303 e. The van der Waals surface area contributed by atoms with Gasteiger partial charge >= 0.3 is 0 Å². The van der Waals surface area contributed by atoms with Crippen LogP contribution >= 0.6 is 0 Å². The van der Waals surface area contributed by atoms with Crippen LogP contribution in [0.4, 0.5) is 0 Å². The molecular weight excluding hydrogens is 120 g/mol. The van der Waals surface area contributed by atoms with Gasteiger partial charge in [-0.15, -0.1) is 0 Å². The Kier molecular flexibility index (Phi) is 4.22. The monoisotopic (exact) mass is 126 g/mol. The molecule has 0 saturated heterocycles. The van der Waals surface area contributed by atoms with Gasteiger partial charge in [-0.25, -0.2) is 0 Å². The molecule has 0 atom stereocenters. The Bertz CT molecular complexity index is 146. The fourth-order valence-corrected chi connectivity index (χ4v) is 0.279. The zero-order valence-electron chi connectivity index (χ0n) is 4.74. The van der Waals surface area contributed by atoms with Gasteiger partial charge in [-0.2, -0.15) is 0 Å². The third-order valence-corrected chi connectivity index (χ3v) is 0.631. The Hall–Kier alpha value is -1.25. The summed E-state index contributed by atoms with van der Waals surface area (Å²) >= 11 is 0. The number of rotatable bonds is 4. The highest BCUT2D eigenvalue weighted by molar-refractivity contribution is 6.30. The maximum atomic E-state index is 10.1.